The van der Waals surface area contributed by atoms with Gasteiger partial charge in [-0.1, -0.05) is 42.7 Å². The molecule has 0 atom stereocenters. The number of hydrogen-bond acceptors (Lipinski definition) is 6. The molecule has 4 aromatic rings. The van der Waals surface area contributed by atoms with E-state index in [4.69, 9.17) is 16.1 Å². The second-order valence-electron chi connectivity index (χ2n) is 7.06. The molecular weight excluding hydrogens is 392 g/mol. The maximum atomic E-state index is 12.5. The van der Waals surface area contributed by atoms with Crippen molar-refractivity contribution in [2.24, 2.45) is 5.92 Å². The first kappa shape index (κ1) is 19.1. The summed E-state index contributed by atoms with van der Waals surface area (Å²) in [6.07, 6.45) is 3.26. The number of nitrogens with one attached hydrogen (secondary N) is 1. The highest BCUT2D eigenvalue weighted by atomic mass is 35.5. The number of aromatic nitrogens is 5. The quantitative estimate of drug-likeness (QED) is 0.520. The molecule has 0 unspecified atom stereocenters. The van der Waals surface area contributed by atoms with E-state index in [9.17, 15) is 4.79 Å². The Morgan fingerprint density at radius 3 is 2.93 bits per heavy atom. The molecule has 0 radical (unpaired) electrons. The smallest absolute Gasteiger partial charge is 0.253 e. The van der Waals surface area contributed by atoms with Gasteiger partial charge in [0.1, 0.15) is 0 Å². The molecule has 1 amide bonds. The lowest BCUT2D eigenvalue weighted by molar-refractivity contribution is 0.0946. The van der Waals surface area contributed by atoms with E-state index in [1.54, 1.807) is 30.6 Å². The Morgan fingerprint density at radius 1 is 1.28 bits per heavy atom. The zero-order chi connectivity index (χ0) is 20.4. The van der Waals surface area contributed by atoms with Gasteiger partial charge in [-0.15, -0.1) is 0 Å². The number of amides is 1. The Labute approximate surface area is 171 Å². The van der Waals surface area contributed by atoms with Crippen molar-refractivity contribution < 1.29 is 9.32 Å². The fourth-order valence-electron chi connectivity index (χ4n) is 2.90. The number of carbonyl (C=O) groups is 1. The van der Waals surface area contributed by atoms with Crippen LogP contribution in [-0.4, -0.2) is 30.8 Å². The van der Waals surface area contributed by atoms with Crippen LogP contribution in [0.3, 0.4) is 0 Å². The summed E-state index contributed by atoms with van der Waals surface area (Å²) in [5, 5.41) is 12.4. The summed E-state index contributed by atoms with van der Waals surface area (Å²) in [6.45, 7) is 5.11. The number of carbonyl (C=O) groups excluding carboxylic acids is 1. The fraction of sp³-hybridized carbons (Fsp3) is 0.250. The fourth-order valence-corrected chi connectivity index (χ4v) is 3.10. The first-order valence-corrected chi connectivity index (χ1v) is 9.55. The molecule has 0 aliphatic carbocycles. The third-order valence-corrected chi connectivity index (χ3v) is 4.46. The second-order valence-corrected chi connectivity index (χ2v) is 7.50. The van der Waals surface area contributed by atoms with Crippen LogP contribution in [0.25, 0.3) is 22.4 Å². The molecule has 1 N–H and O–H groups in total. The van der Waals surface area contributed by atoms with Gasteiger partial charge in [0.25, 0.3) is 5.91 Å². The monoisotopic (exact) mass is 410 g/mol. The highest BCUT2D eigenvalue weighted by molar-refractivity contribution is 6.30. The summed E-state index contributed by atoms with van der Waals surface area (Å²) in [4.78, 5) is 21.2. The van der Waals surface area contributed by atoms with Crippen molar-refractivity contribution in [1.82, 2.24) is 30.2 Å². The molecule has 3 aromatic heterocycles. The minimum Gasteiger partial charge on any atom is -0.343 e. The average Bonchev–Trinajstić information content (AvgIpc) is 3.33. The molecule has 0 bridgehead atoms. The van der Waals surface area contributed by atoms with Crippen molar-refractivity contribution >= 4 is 28.5 Å². The zero-order valence-corrected chi connectivity index (χ0v) is 16.7. The van der Waals surface area contributed by atoms with Gasteiger partial charge in [0.2, 0.25) is 11.7 Å². The van der Waals surface area contributed by atoms with E-state index in [0.29, 0.717) is 28.2 Å². The van der Waals surface area contributed by atoms with Crippen molar-refractivity contribution in [3.05, 3.63) is 59.2 Å². The molecule has 0 fully saturated rings. The number of fused-ring (bicyclic) bond motifs is 1. The predicted molar refractivity (Wildman–Crippen MR) is 108 cm³/mol. The van der Waals surface area contributed by atoms with Crippen molar-refractivity contribution in [2.75, 3.05) is 0 Å². The lowest BCUT2D eigenvalue weighted by atomic mass is 10.2. The summed E-state index contributed by atoms with van der Waals surface area (Å²) in [7, 11) is 0. The third kappa shape index (κ3) is 4.27. The van der Waals surface area contributed by atoms with Crippen molar-refractivity contribution in [3.63, 3.8) is 0 Å². The molecule has 8 nitrogen and oxygen atoms in total. The van der Waals surface area contributed by atoms with E-state index < -0.39 is 0 Å². The standard InChI is InChI=1S/C20H19ClN6O2/c1-12(2)11-27-19-14(9-24-27)6-15(8-22-19)20(28)23-10-17-25-18(26-29-17)13-4-3-5-16(21)7-13/h3-9,12H,10-11H2,1-2H3,(H,23,28). The van der Waals surface area contributed by atoms with Crippen LogP contribution in [0.1, 0.15) is 30.1 Å². The van der Waals surface area contributed by atoms with Crippen LogP contribution < -0.4 is 5.32 Å². The number of rotatable bonds is 6. The van der Waals surface area contributed by atoms with Crippen molar-refractivity contribution in [1.29, 1.82) is 0 Å². The van der Waals surface area contributed by atoms with Crippen LogP contribution in [0, 0.1) is 5.92 Å². The summed E-state index contributed by atoms with van der Waals surface area (Å²) >= 11 is 5.98. The van der Waals surface area contributed by atoms with Gasteiger partial charge in [-0.25, -0.2) is 9.67 Å². The summed E-state index contributed by atoms with van der Waals surface area (Å²) in [5.41, 5.74) is 1.95. The Bertz CT molecular complexity index is 1170. The molecule has 4 rings (SSSR count). The number of nitrogens with zero attached hydrogens (tertiary/aromatic N) is 5. The summed E-state index contributed by atoms with van der Waals surface area (Å²) in [6, 6.07) is 8.92. The second kappa shape index (κ2) is 8.00. The van der Waals surface area contributed by atoms with Gasteiger partial charge in [0.15, 0.2) is 5.65 Å². The first-order valence-electron chi connectivity index (χ1n) is 9.18. The highest BCUT2D eigenvalue weighted by Gasteiger charge is 2.13. The number of pyridine rings is 1. The molecule has 9 heteroatoms. The van der Waals surface area contributed by atoms with Crippen LogP contribution in [0.15, 0.2) is 47.2 Å². The van der Waals surface area contributed by atoms with Gasteiger partial charge >= 0.3 is 0 Å². The van der Waals surface area contributed by atoms with E-state index in [2.05, 4.69) is 39.4 Å². The minimum atomic E-state index is -0.279. The van der Waals surface area contributed by atoms with Gasteiger partial charge in [-0.2, -0.15) is 10.1 Å². The molecule has 1 aromatic carbocycles. The lowest BCUT2D eigenvalue weighted by Crippen LogP contribution is -2.23. The third-order valence-electron chi connectivity index (χ3n) is 4.23. The molecular formula is C20H19ClN6O2. The molecule has 148 valence electrons. The van der Waals surface area contributed by atoms with Gasteiger partial charge in [0, 0.05) is 28.7 Å². The summed E-state index contributed by atoms with van der Waals surface area (Å²) in [5.74, 6) is 0.886. The van der Waals surface area contributed by atoms with Crippen LogP contribution in [0.4, 0.5) is 0 Å². The van der Waals surface area contributed by atoms with E-state index in [1.165, 1.54) is 0 Å². The molecule has 0 saturated carbocycles. The maximum absolute atomic E-state index is 12.5. The largest absolute Gasteiger partial charge is 0.343 e. The SMILES string of the molecule is CC(C)Cn1ncc2cc(C(=O)NCc3nc(-c4cccc(Cl)c4)no3)cnc21. The van der Waals surface area contributed by atoms with Crippen molar-refractivity contribution in [2.45, 2.75) is 26.9 Å². The van der Waals surface area contributed by atoms with Gasteiger partial charge in [-0.05, 0) is 24.1 Å². The Kier molecular flexibility index (Phi) is 5.26. The highest BCUT2D eigenvalue weighted by Crippen LogP contribution is 2.20. The van der Waals surface area contributed by atoms with E-state index >= 15 is 0 Å². The van der Waals surface area contributed by atoms with Crippen LogP contribution in [-0.2, 0) is 13.1 Å². The molecule has 0 saturated heterocycles. The predicted octanol–water partition coefficient (Wildman–Crippen LogP) is 3.72. The number of benzene rings is 1. The topological polar surface area (TPSA) is 98.7 Å². The van der Waals surface area contributed by atoms with Crippen LogP contribution in [0.5, 0.6) is 0 Å². The first-order chi connectivity index (χ1) is 14.0. The van der Waals surface area contributed by atoms with Crippen molar-refractivity contribution in [3.8, 4) is 11.4 Å². The average molecular weight is 411 g/mol. The molecule has 0 aliphatic rings. The number of halogens is 1. The summed E-state index contributed by atoms with van der Waals surface area (Å²) < 4.78 is 7.05. The van der Waals surface area contributed by atoms with Crippen LogP contribution in [0.2, 0.25) is 5.02 Å². The van der Waals surface area contributed by atoms with Crippen LogP contribution >= 0.6 is 11.6 Å². The van der Waals surface area contributed by atoms with Gasteiger partial charge in [0.05, 0.1) is 18.3 Å². The number of hydrogen-bond donors (Lipinski definition) is 1. The molecule has 0 spiro atoms. The van der Waals surface area contributed by atoms with Gasteiger partial charge < -0.3 is 9.84 Å². The molecule has 29 heavy (non-hydrogen) atoms. The Hall–Kier alpha value is -3.26. The van der Waals surface area contributed by atoms with E-state index in [0.717, 1.165) is 23.1 Å². The van der Waals surface area contributed by atoms with Gasteiger partial charge in [-0.3, -0.25) is 4.79 Å². The minimum absolute atomic E-state index is 0.108. The molecule has 3 heterocycles. The normalized spacial score (nSPS) is 11.3. The Balaban J connectivity index is 1.43. The Morgan fingerprint density at radius 2 is 2.14 bits per heavy atom. The molecule has 0 aliphatic heterocycles. The zero-order valence-electron chi connectivity index (χ0n) is 16.0. The lowest BCUT2D eigenvalue weighted by Gasteiger charge is -2.06. The van der Waals surface area contributed by atoms with E-state index in [-0.39, 0.29) is 12.5 Å². The maximum Gasteiger partial charge on any atom is 0.253 e. The van der Waals surface area contributed by atoms with E-state index in [1.807, 2.05) is 16.8 Å².